The van der Waals surface area contributed by atoms with Crippen molar-refractivity contribution < 1.29 is 25.2 Å². The first-order chi connectivity index (χ1) is 11.8. The Bertz CT molecular complexity index is 470. The van der Waals surface area contributed by atoms with Crippen LogP contribution in [0.15, 0.2) is 0 Å². The smallest absolute Gasteiger partial charge is 0.150 e. The number of hydrogen-bond acceptors (Lipinski definition) is 7. The number of Topliss-reactive ketones (excluding diaryl/α,β-unsaturated/α-hetero) is 1. The minimum atomic E-state index is -1.41. The Hall–Kier alpha value is -0.570. The van der Waals surface area contributed by atoms with Gasteiger partial charge in [-0.2, -0.15) is 0 Å². The molecule has 7 heteroatoms. The van der Waals surface area contributed by atoms with E-state index in [4.69, 9.17) is 5.11 Å². The number of hydrogen-bond donors (Lipinski definition) is 4. The van der Waals surface area contributed by atoms with Crippen molar-refractivity contribution in [2.75, 3.05) is 32.8 Å². The summed E-state index contributed by atoms with van der Waals surface area (Å²) in [5.74, 6) is 0.389. The minimum absolute atomic E-state index is 0.378. The van der Waals surface area contributed by atoms with Gasteiger partial charge >= 0.3 is 0 Å². The van der Waals surface area contributed by atoms with Gasteiger partial charge in [0.25, 0.3) is 0 Å². The fourth-order valence-corrected chi connectivity index (χ4v) is 5.67. The van der Waals surface area contributed by atoms with Gasteiger partial charge in [0.05, 0.1) is 23.6 Å². The zero-order valence-corrected chi connectivity index (χ0v) is 15.3. The summed E-state index contributed by atoms with van der Waals surface area (Å²) in [7, 11) is 0. The van der Waals surface area contributed by atoms with Gasteiger partial charge in [0.15, 0.2) is 0 Å². The number of carbonyl (C=O) groups is 1. The van der Waals surface area contributed by atoms with E-state index in [-0.39, 0.29) is 10.8 Å². The maximum atomic E-state index is 13.3. The van der Waals surface area contributed by atoms with Crippen LogP contribution >= 0.6 is 0 Å². The topological polar surface area (TPSA) is 104 Å². The lowest BCUT2D eigenvalue weighted by Crippen LogP contribution is -2.81. The molecule has 0 amide bonds. The molecular formula is C18H32N2O5. The summed E-state index contributed by atoms with van der Waals surface area (Å²) in [6, 6.07) is 0. The van der Waals surface area contributed by atoms with Gasteiger partial charge in [-0.3, -0.25) is 14.6 Å². The summed E-state index contributed by atoms with van der Waals surface area (Å²) < 4.78 is 0. The van der Waals surface area contributed by atoms with Crippen molar-refractivity contribution in [3.63, 3.8) is 0 Å². The van der Waals surface area contributed by atoms with E-state index in [0.29, 0.717) is 32.0 Å². The van der Waals surface area contributed by atoms with E-state index in [0.717, 1.165) is 25.7 Å². The highest BCUT2D eigenvalue weighted by Gasteiger charge is 2.65. The maximum absolute atomic E-state index is 13.3. The van der Waals surface area contributed by atoms with Crippen molar-refractivity contribution in [2.24, 2.45) is 10.8 Å². The lowest BCUT2D eigenvalue weighted by Gasteiger charge is -2.67. The SMILES string of the molecule is CCCC12CN3CC(CCC)(CN(C1)C3[C@@H](O)[C@@H](O)[C@H](O)CO)C2=O. The van der Waals surface area contributed by atoms with E-state index >= 15 is 0 Å². The van der Waals surface area contributed by atoms with E-state index in [1.807, 2.05) is 0 Å². The summed E-state index contributed by atoms with van der Waals surface area (Å²) in [4.78, 5) is 17.6. The van der Waals surface area contributed by atoms with Gasteiger partial charge in [-0.25, -0.2) is 0 Å². The zero-order chi connectivity index (χ0) is 18.4. The van der Waals surface area contributed by atoms with Crippen LogP contribution < -0.4 is 0 Å². The van der Waals surface area contributed by atoms with Crippen LogP contribution in [0.2, 0.25) is 0 Å². The number of rotatable bonds is 8. The molecule has 4 saturated heterocycles. The molecule has 4 aliphatic rings. The molecule has 0 aromatic carbocycles. The van der Waals surface area contributed by atoms with Crippen molar-refractivity contribution in [2.45, 2.75) is 64.0 Å². The Labute approximate surface area is 149 Å². The number of ketones is 1. The van der Waals surface area contributed by atoms with E-state index in [9.17, 15) is 20.1 Å². The molecule has 0 aliphatic carbocycles. The highest BCUT2D eigenvalue weighted by Crippen LogP contribution is 2.52. The van der Waals surface area contributed by atoms with Gasteiger partial charge in [-0.1, -0.05) is 26.7 Å². The number of aliphatic hydroxyl groups is 4. The highest BCUT2D eigenvalue weighted by atomic mass is 16.4. The summed E-state index contributed by atoms with van der Waals surface area (Å²) in [5, 5.41) is 39.6. The summed E-state index contributed by atoms with van der Waals surface area (Å²) in [5.41, 5.74) is -0.756. The summed E-state index contributed by atoms with van der Waals surface area (Å²) >= 11 is 0. The third kappa shape index (κ3) is 2.85. The number of piperidine rings is 2. The van der Waals surface area contributed by atoms with Crippen LogP contribution in [0, 0.1) is 10.8 Å². The van der Waals surface area contributed by atoms with E-state index in [1.54, 1.807) is 0 Å². The molecular weight excluding hydrogens is 324 g/mol. The van der Waals surface area contributed by atoms with Crippen LogP contribution in [0.4, 0.5) is 0 Å². The first kappa shape index (κ1) is 19.2. The van der Waals surface area contributed by atoms with Gasteiger partial charge in [-0.05, 0) is 12.8 Å². The molecule has 144 valence electrons. The molecule has 0 radical (unpaired) electrons. The van der Waals surface area contributed by atoms with Crippen molar-refractivity contribution in [1.82, 2.24) is 9.80 Å². The summed E-state index contributed by atoms with van der Waals surface area (Å²) in [6.45, 7) is 6.00. The lowest BCUT2D eigenvalue weighted by molar-refractivity contribution is -0.232. The molecule has 0 spiro atoms. The van der Waals surface area contributed by atoms with Gasteiger partial charge < -0.3 is 20.4 Å². The van der Waals surface area contributed by atoms with E-state index in [2.05, 4.69) is 23.6 Å². The number of nitrogens with zero attached hydrogens (tertiary/aromatic N) is 2. The minimum Gasteiger partial charge on any atom is -0.394 e. The Morgan fingerprint density at radius 2 is 1.44 bits per heavy atom. The Balaban J connectivity index is 1.89. The normalized spacial score (nSPS) is 43.3. The largest absolute Gasteiger partial charge is 0.394 e. The van der Waals surface area contributed by atoms with Crippen LogP contribution in [0.5, 0.6) is 0 Å². The molecule has 0 saturated carbocycles. The van der Waals surface area contributed by atoms with Gasteiger partial charge in [0.2, 0.25) is 0 Å². The highest BCUT2D eigenvalue weighted by molar-refractivity contribution is 5.93. The van der Waals surface area contributed by atoms with Crippen molar-refractivity contribution >= 4 is 5.78 Å². The molecule has 4 N–H and O–H groups in total. The molecule has 4 rings (SSSR count). The first-order valence-corrected chi connectivity index (χ1v) is 9.52. The van der Waals surface area contributed by atoms with Crippen LogP contribution in [0.25, 0.3) is 0 Å². The van der Waals surface area contributed by atoms with Crippen LogP contribution in [0.3, 0.4) is 0 Å². The Kier molecular flexibility index (Phi) is 5.27. The third-order valence-electron chi connectivity index (χ3n) is 6.43. The van der Waals surface area contributed by atoms with Gasteiger partial charge in [0, 0.05) is 26.2 Å². The fourth-order valence-electron chi connectivity index (χ4n) is 5.67. The van der Waals surface area contributed by atoms with E-state index < -0.39 is 31.1 Å². The second kappa shape index (κ2) is 6.87. The average molecular weight is 356 g/mol. The van der Waals surface area contributed by atoms with E-state index in [1.165, 1.54) is 0 Å². The monoisotopic (exact) mass is 356 g/mol. The second-order valence-electron chi connectivity index (χ2n) is 8.34. The fraction of sp³-hybridized carbons (Fsp3) is 0.944. The molecule has 4 heterocycles. The summed E-state index contributed by atoms with van der Waals surface area (Å²) in [6.07, 6.45) is -0.820. The average Bonchev–Trinajstić information content (AvgIpc) is 2.57. The van der Waals surface area contributed by atoms with Crippen molar-refractivity contribution in [1.29, 1.82) is 0 Å². The second-order valence-corrected chi connectivity index (χ2v) is 8.34. The Morgan fingerprint density at radius 3 is 1.80 bits per heavy atom. The number of carbonyl (C=O) groups excluding carboxylic acids is 1. The predicted octanol–water partition coefficient (Wildman–Crippen LogP) is -0.826. The molecule has 7 nitrogen and oxygen atoms in total. The zero-order valence-electron chi connectivity index (χ0n) is 15.3. The quantitative estimate of drug-likeness (QED) is 0.450. The van der Waals surface area contributed by atoms with Crippen molar-refractivity contribution in [3.05, 3.63) is 0 Å². The van der Waals surface area contributed by atoms with Crippen LogP contribution in [-0.2, 0) is 4.79 Å². The first-order valence-electron chi connectivity index (χ1n) is 9.52. The van der Waals surface area contributed by atoms with Crippen molar-refractivity contribution in [3.8, 4) is 0 Å². The molecule has 4 fully saturated rings. The third-order valence-corrected chi connectivity index (χ3v) is 6.43. The van der Waals surface area contributed by atoms with Crippen LogP contribution in [0.1, 0.15) is 39.5 Å². The molecule has 0 aromatic heterocycles. The molecule has 25 heavy (non-hydrogen) atoms. The predicted molar refractivity (Wildman–Crippen MR) is 91.7 cm³/mol. The maximum Gasteiger partial charge on any atom is 0.150 e. The van der Waals surface area contributed by atoms with Gasteiger partial charge in [0.1, 0.15) is 24.1 Å². The molecule has 0 unspecified atom stereocenters. The molecule has 4 aliphatic heterocycles. The molecule has 4 bridgehead atoms. The molecule has 0 aromatic rings. The molecule has 3 atom stereocenters. The Morgan fingerprint density at radius 1 is 1.00 bits per heavy atom. The lowest BCUT2D eigenvalue weighted by atomic mass is 9.57. The van der Waals surface area contributed by atoms with Gasteiger partial charge in [-0.15, -0.1) is 0 Å². The van der Waals surface area contributed by atoms with Crippen LogP contribution in [-0.4, -0.2) is 93.3 Å². The number of aliphatic hydroxyl groups excluding tert-OH is 4. The standard InChI is InChI=1S/C18H32N2O5/c1-3-5-17-8-19-10-18(6-4-2,16(17)25)11-20(9-17)15(19)14(24)13(23)12(22)7-21/h12-15,21-24H,3-11H2,1-2H3/t12-,13+,14+,15?,17?,18?/m1/s1.